The van der Waals surface area contributed by atoms with Gasteiger partial charge in [0.05, 0.1) is 0 Å². The van der Waals surface area contributed by atoms with Crippen molar-refractivity contribution in [2.75, 3.05) is 26.7 Å². The fraction of sp³-hybridized carbons (Fsp3) is 0.429. The van der Waals surface area contributed by atoms with E-state index in [1.54, 1.807) is 5.57 Å². The molecular formula is C14H17ClN2. The van der Waals surface area contributed by atoms with Crippen LogP contribution in [-0.4, -0.2) is 31.6 Å². The average molecular weight is 249 g/mol. The van der Waals surface area contributed by atoms with Gasteiger partial charge in [-0.15, -0.1) is 0 Å². The molecule has 0 amide bonds. The second kappa shape index (κ2) is 4.35. The molecule has 1 aromatic carbocycles. The predicted molar refractivity (Wildman–Crippen MR) is 71.3 cm³/mol. The first-order valence-electron chi connectivity index (χ1n) is 6.15. The van der Waals surface area contributed by atoms with Crippen LogP contribution in [0.15, 0.2) is 35.5 Å². The lowest BCUT2D eigenvalue weighted by molar-refractivity contribution is 0.302. The van der Waals surface area contributed by atoms with Crippen LogP contribution < -0.4 is 5.32 Å². The normalized spacial score (nSPS) is 27.4. The summed E-state index contributed by atoms with van der Waals surface area (Å²) in [4.78, 5) is 2.51. The Morgan fingerprint density at radius 1 is 1.24 bits per heavy atom. The molecule has 2 aliphatic heterocycles. The second-order valence-electron chi connectivity index (χ2n) is 4.86. The van der Waals surface area contributed by atoms with Crippen molar-refractivity contribution in [2.45, 2.75) is 12.3 Å². The highest BCUT2D eigenvalue weighted by Gasteiger charge is 2.32. The molecule has 0 radical (unpaired) electrons. The van der Waals surface area contributed by atoms with E-state index in [9.17, 15) is 0 Å². The molecular weight excluding hydrogens is 232 g/mol. The Morgan fingerprint density at radius 2 is 2.00 bits per heavy atom. The van der Waals surface area contributed by atoms with Crippen LogP contribution in [-0.2, 0) is 0 Å². The third kappa shape index (κ3) is 1.96. The van der Waals surface area contributed by atoms with Gasteiger partial charge < -0.3 is 5.32 Å². The van der Waals surface area contributed by atoms with Crippen LogP contribution in [0, 0.1) is 0 Å². The Balaban J connectivity index is 1.94. The third-order valence-electron chi connectivity index (χ3n) is 3.89. The molecule has 1 fully saturated rings. The fourth-order valence-corrected chi connectivity index (χ4v) is 3.11. The Labute approximate surface area is 107 Å². The Bertz CT molecular complexity index is 450. The van der Waals surface area contributed by atoms with E-state index in [-0.39, 0.29) is 0 Å². The first-order valence-corrected chi connectivity index (χ1v) is 6.53. The molecule has 0 aliphatic carbocycles. The van der Waals surface area contributed by atoms with Crippen LogP contribution in [0.5, 0.6) is 0 Å². The highest BCUT2D eigenvalue weighted by molar-refractivity contribution is 6.30. The van der Waals surface area contributed by atoms with Crippen molar-refractivity contribution >= 4 is 11.6 Å². The Kier molecular flexibility index (Phi) is 2.85. The van der Waals surface area contributed by atoms with Gasteiger partial charge >= 0.3 is 0 Å². The summed E-state index contributed by atoms with van der Waals surface area (Å²) in [7, 11) is 2.03. The minimum Gasteiger partial charge on any atom is -0.390 e. The highest BCUT2D eigenvalue weighted by atomic mass is 35.5. The lowest BCUT2D eigenvalue weighted by atomic mass is 9.86. The molecule has 2 bridgehead atoms. The topological polar surface area (TPSA) is 15.3 Å². The van der Waals surface area contributed by atoms with Crippen LogP contribution >= 0.6 is 11.6 Å². The van der Waals surface area contributed by atoms with Crippen LogP contribution in [0.4, 0.5) is 0 Å². The van der Waals surface area contributed by atoms with Crippen molar-refractivity contribution in [3.63, 3.8) is 0 Å². The number of fused-ring (bicyclic) bond motifs is 2. The van der Waals surface area contributed by atoms with Crippen LogP contribution in [0.1, 0.15) is 17.9 Å². The van der Waals surface area contributed by atoms with Gasteiger partial charge in [-0.3, -0.25) is 4.90 Å². The van der Waals surface area contributed by atoms with Crippen molar-refractivity contribution in [2.24, 2.45) is 0 Å². The van der Waals surface area contributed by atoms with Gasteiger partial charge in [-0.05, 0) is 36.2 Å². The molecule has 0 saturated carbocycles. The third-order valence-corrected chi connectivity index (χ3v) is 4.14. The number of rotatable bonds is 2. The Morgan fingerprint density at radius 3 is 2.71 bits per heavy atom. The molecule has 1 saturated heterocycles. The van der Waals surface area contributed by atoms with Crippen molar-refractivity contribution in [3.8, 4) is 0 Å². The number of benzene rings is 1. The fourth-order valence-electron chi connectivity index (χ4n) is 2.98. The molecule has 1 N–H and O–H groups in total. The number of piperidine rings is 1. The van der Waals surface area contributed by atoms with Crippen molar-refractivity contribution in [1.82, 2.24) is 10.2 Å². The van der Waals surface area contributed by atoms with E-state index in [1.165, 1.54) is 24.2 Å². The summed E-state index contributed by atoms with van der Waals surface area (Å²) in [6.45, 7) is 3.42. The predicted octanol–water partition coefficient (Wildman–Crippen LogP) is 2.62. The molecule has 2 nitrogen and oxygen atoms in total. The van der Waals surface area contributed by atoms with E-state index in [0.29, 0.717) is 5.92 Å². The maximum atomic E-state index is 5.95. The molecule has 3 heteroatoms. The second-order valence-corrected chi connectivity index (χ2v) is 5.29. The first-order chi connectivity index (χ1) is 8.28. The summed E-state index contributed by atoms with van der Waals surface area (Å²) >= 11 is 5.95. The van der Waals surface area contributed by atoms with E-state index in [1.807, 2.05) is 19.2 Å². The molecule has 2 heterocycles. The molecule has 3 rings (SSSR count). The van der Waals surface area contributed by atoms with Crippen LogP contribution in [0.25, 0.3) is 0 Å². The molecule has 1 aromatic rings. The highest BCUT2D eigenvalue weighted by Crippen LogP contribution is 2.37. The quantitative estimate of drug-likeness (QED) is 0.866. The molecule has 0 spiro atoms. The molecule has 2 aliphatic rings. The zero-order chi connectivity index (χ0) is 11.8. The Hall–Kier alpha value is -0.990. The molecule has 0 aromatic heterocycles. The van der Waals surface area contributed by atoms with Gasteiger partial charge in [0, 0.05) is 36.8 Å². The monoisotopic (exact) mass is 248 g/mol. The van der Waals surface area contributed by atoms with Gasteiger partial charge in [0.1, 0.15) is 0 Å². The van der Waals surface area contributed by atoms with Gasteiger partial charge in [-0.25, -0.2) is 0 Å². The smallest absolute Gasteiger partial charge is 0.0406 e. The first kappa shape index (κ1) is 11.1. The summed E-state index contributed by atoms with van der Waals surface area (Å²) in [6, 6.07) is 8.33. The summed E-state index contributed by atoms with van der Waals surface area (Å²) in [5.41, 5.74) is 4.39. The minimum atomic E-state index is 0.577. The minimum absolute atomic E-state index is 0.577. The molecule has 2 atom stereocenters. The van der Waals surface area contributed by atoms with Crippen molar-refractivity contribution in [1.29, 1.82) is 0 Å². The number of nitrogens with zero attached hydrogens (tertiary/aromatic N) is 1. The zero-order valence-corrected chi connectivity index (χ0v) is 10.8. The van der Waals surface area contributed by atoms with E-state index in [2.05, 4.69) is 22.3 Å². The number of hydrogen-bond donors (Lipinski definition) is 1. The molecule has 90 valence electrons. The zero-order valence-electron chi connectivity index (χ0n) is 10.0. The maximum absolute atomic E-state index is 5.95. The summed E-state index contributed by atoms with van der Waals surface area (Å²) in [6.07, 6.45) is 1.22. The number of halogens is 1. The summed E-state index contributed by atoms with van der Waals surface area (Å²) < 4.78 is 0. The maximum Gasteiger partial charge on any atom is 0.0406 e. The molecule has 1 unspecified atom stereocenters. The lowest BCUT2D eigenvalue weighted by Crippen LogP contribution is -2.29. The van der Waals surface area contributed by atoms with E-state index in [0.717, 1.165) is 18.1 Å². The van der Waals surface area contributed by atoms with Gasteiger partial charge in [-0.2, -0.15) is 0 Å². The number of likely N-dealkylation sites (N-methyl/N-ethyl adjacent to an activating group) is 1. The van der Waals surface area contributed by atoms with Gasteiger partial charge in [0.25, 0.3) is 0 Å². The van der Waals surface area contributed by atoms with E-state index in [4.69, 9.17) is 11.6 Å². The van der Waals surface area contributed by atoms with Gasteiger partial charge in [0.2, 0.25) is 0 Å². The van der Waals surface area contributed by atoms with E-state index >= 15 is 0 Å². The van der Waals surface area contributed by atoms with Crippen LogP contribution in [0.2, 0.25) is 5.02 Å². The lowest BCUT2D eigenvalue weighted by Gasteiger charge is -2.28. The summed E-state index contributed by atoms with van der Waals surface area (Å²) in [5.74, 6) is 0.577. The van der Waals surface area contributed by atoms with E-state index < -0.39 is 0 Å². The van der Waals surface area contributed by atoms with Gasteiger partial charge in [0.15, 0.2) is 0 Å². The van der Waals surface area contributed by atoms with Gasteiger partial charge in [-0.1, -0.05) is 23.7 Å². The average Bonchev–Trinajstić information content (AvgIpc) is 2.68. The standard InChI is InChI=1S/C14H17ClN2/c1-16-14-9-17-7-6-12(13(14)8-17)10-2-4-11(15)5-3-10/h2-5,12,16H,6-9H2,1H3/t12-/m0/s1. The number of hydrogen-bond acceptors (Lipinski definition) is 2. The van der Waals surface area contributed by atoms with Crippen LogP contribution in [0.3, 0.4) is 0 Å². The molecule has 17 heavy (non-hydrogen) atoms. The SMILES string of the molecule is CNC1=C2CN(CC[C@H]2c2ccc(Cl)cc2)C1. The summed E-state index contributed by atoms with van der Waals surface area (Å²) in [5, 5.41) is 4.18. The van der Waals surface area contributed by atoms with Crippen molar-refractivity contribution < 1.29 is 0 Å². The van der Waals surface area contributed by atoms with Crippen molar-refractivity contribution in [3.05, 3.63) is 46.1 Å². The number of nitrogens with one attached hydrogen (secondary N) is 1. The largest absolute Gasteiger partial charge is 0.390 e.